The standard InChI is InChI=1S/C21H21NO5/c23-19(24)21(26)11-5-10-18(21)22-20(25)27-12-17-15-8-3-1-6-13(15)14-7-2-4-9-16(14)17/h1-4,6-9,17-18,26H,5,10-12H2,(H,22,25)(H,23,24)/t18-,21-/m1/s1. The molecule has 0 unspecified atom stereocenters. The van der Waals surface area contributed by atoms with Gasteiger partial charge in [-0.05, 0) is 41.5 Å². The maximum absolute atomic E-state index is 12.3. The minimum atomic E-state index is -1.93. The van der Waals surface area contributed by atoms with E-state index in [1.54, 1.807) is 0 Å². The van der Waals surface area contributed by atoms with Crippen LogP contribution < -0.4 is 5.32 Å². The summed E-state index contributed by atoms with van der Waals surface area (Å²) in [6.45, 7) is 0.151. The number of fused-ring (bicyclic) bond motifs is 3. The van der Waals surface area contributed by atoms with Crippen LogP contribution in [0.15, 0.2) is 48.5 Å². The molecular formula is C21H21NO5. The summed E-state index contributed by atoms with van der Waals surface area (Å²) < 4.78 is 5.42. The summed E-state index contributed by atoms with van der Waals surface area (Å²) in [7, 11) is 0. The molecule has 2 atom stereocenters. The summed E-state index contributed by atoms with van der Waals surface area (Å²) in [5, 5.41) is 22.0. The molecule has 6 nitrogen and oxygen atoms in total. The van der Waals surface area contributed by atoms with E-state index >= 15 is 0 Å². The highest BCUT2D eigenvalue weighted by atomic mass is 16.5. The summed E-state index contributed by atoms with van der Waals surface area (Å²) in [4.78, 5) is 23.6. The zero-order chi connectivity index (χ0) is 19.0. The number of benzene rings is 2. The number of aliphatic hydroxyl groups is 1. The molecule has 1 saturated carbocycles. The van der Waals surface area contributed by atoms with Crippen molar-refractivity contribution in [1.82, 2.24) is 5.32 Å². The van der Waals surface area contributed by atoms with Crippen LogP contribution in [-0.2, 0) is 9.53 Å². The molecule has 0 saturated heterocycles. The smallest absolute Gasteiger partial charge is 0.407 e. The van der Waals surface area contributed by atoms with Crippen LogP contribution in [0.25, 0.3) is 11.1 Å². The Kier molecular flexibility index (Phi) is 4.36. The molecule has 2 aromatic rings. The van der Waals surface area contributed by atoms with Gasteiger partial charge in [0.25, 0.3) is 0 Å². The Bertz CT molecular complexity index is 850. The van der Waals surface area contributed by atoms with Crippen LogP contribution in [0.2, 0.25) is 0 Å². The number of hydrogen-bond donors (Lipinski definition) is 3. The molecule has 4 rings (SSSR count). The molecule has 3 N–H and O–H groups in total. The highest BCUT2D eigenvalue weighted by Gasteiger charge is 2.48. The first-order valence-corrected chi connectivity index (χ1v) is 9.08. The van der Waals surface area contributed by atoms with E-state index in [1.807, 2.05) is 36.4 Å². The van der Waals surface area contributed by atoms with Crippen LogP contribution in [0.5, 0.6) is 0 Å². The van der Waals surface area contributed by atoms with Crippen LogP contribution in [0.3, 0.4) is 0 Å². The predicted molar refractivity (Wildman–Crippen MR) is 98.4 cm³/mol. The van der Waals surface area contributed by atoms with E-state index in [4.69, 9.17) is 4.74 Å². The minimum Gasteiger partial charge on any atom is -0.479 e. The van der Waals surface area contributed by atoms with Gasteiger partial charge in [-0.15, -0.1) is 0 Å². The fourth-order valence-electron chi connectivity index (χ4n) is 4.22. The first kappa shape index (κ1) is 17.5. The monoisotopic (exact) mass is 367 g/mol. The second-order valence-electron chi connectivity index (χ2n) is 7.14. The Morgan fingerprint density at radius 3 is 2.26 bits per heavy atom. The second-order valence-corrected chi connectivity index (χ2v) is 7.14. The molecule has 0 aliphatic heterocycles. The molecule has 6 heteroatoms. The largest absolute Gasteiger partial charge is 0.479 e. The first-order chi connectivity index (χ1) is 13.0. The number of nitrogens with one attached hydrogen (secondary N) is 1. The fourth-order valence-corrected chi connectivity index (χ4v) is 4.22. The maximum Gasteiger partial charge on any atom is 0.407 e. The molecule has 1 fully saturated rings. The molecule has 0 bridgehead atoms. The number of ether oxygens (including phenoxy) is 1. The molecule has 1 amide bonds. The van der Waals surface area contributed by atoms with E-state index in [9.17, 15) is 19.8 Å². The highest BCUT2D eigenvalue weighted by molar-refractivity contribution is 5.81. The normalized spacial score (nSPS) is 23.5. The van der Waals surface area contributed by atoms with Crippen LogP contribution >= 0.6 is 0 Å². The number of carbonyl (C=O) groups excluding carboxylic acids is 1. The van der Waals surface area contributed by atoms with Crippen molar-refractivity contribution >= 4 is 12.1 Å². The summed E-state index contributed by atoms with van der Waals surface area (Å²) in [5.74, 6) is -1.38. The van der Waals surface area contributed by atoms with E-state index in [2.05, 4.69) is 17.4 Å². The van der Waals surface area contributed by atoms with Gasteiger partial charge in [0.2, 0.25) is 0 Å². The molecule has 140 valence electrons. The third-order valence-corrected chi connectivity index (χ3v) is 5.63. The Labute approximate surface area is 156 Å². The van der Waals surface area contributed by atoms with Crippen LogP contribution in [0.4, 0.5) is 4.79 Å². The van der Waals surface area contributed by atoms with Crippen LogP contribution in [0, 0.1) is 0 Å². The Balaban J connectivity index is 1.46. The molecular weight excluding hydrogens is 346 g/mol. The lowest BCUT2D eigenvalue weighted by Crippen LogP contribution is -2.54. The van der Waals surface area contributed by atoms with Gasteiger partial charge in [0.05, 0.1) is 6.04 Å². The van der Waals surface area contributed by atoms with Crippen molar-refractivity contribution in [2.24, 2.45) is 0 Å². The third kappa shape index (κ3) is 2.96. The van der Waals surface area contributed by atoms with E-state index in [0.717, 1.165) is 22.3 Å². The predicted octanol–water partition coefficient (Wildman–Crippen LogP) is 2.89. The lowest BCUT2D eigenvalue weighted by molar-refractivity contribution is -0.159. The molecule has 27 heavy (non-hydrogen) atoms. The van der Waals surface area contributed by atoms with Gasteiger partial charge in [-0.2, -0.15) is 0 Å². The lowest BCUT2D eigenvalue weighted by Gasteiger charge is -2.26. The molecule has 2 aliphatic carbocycles. The van der Waals surface area contributed by atoms with Crippen molar-refractivity contribution < 1.29 is 24.5 Å². The summed E-state index contributed by atoms with van der Waals surface area (Å²) in [6, 6.07) is 15.2. The Morgan fingerprint density at radius 2 is 1.67 bits per heavy atom. The van der Waals surface area contributed by atoms with Gasteiger partial charge in [0.15, 0.2) is 5.60 Å². The lowest BCUT2D eigenvalue weighted by atomic mass is 9.98. The molecule has 0 aromatic heterocycles. The first-order valence-electron chi connectivity index (χ1n) is 9.08. The highest BCUT2D eigenvalue weighted by Crippen LogP contribution is 2.44. The number of rotatable bonds is 4. The fraction of sp³-hybridized carbons (Fsp3) is 0.333. The van der Waals surface area contributed by atoms with Gasteiger partial charge in [-0.3, -0.25) is 0 Å². The summed E-state index contributed by atoms with van der Waals surface area (Å²) >= 11 is 0. The number of carboxylic acid groups (broad SMARTS) is 1. The second kappa shape index (κ2) is 6.70. The minimum absolute atomic E-state index is 0.0647. The number of amides is 1. The molecule has 0 radical (unpaired) electrons. The van der Waals surface area contributed by atoms with Crippen molar-refractivity contribution in [2.45, 2.75) is 36.8 Å². The van der Waals surface area contributed by atoms with Crippen molar-refractivity contribution in [1.29, 1.82) is 0 Å². The van der Waals surface area contributed by atoms with Gasteiger partial charge in [0.1, 0.15) is 6.61 Å². The Morgan fingerprint density at radius 1 is 1.07 bits per heavy atom. The van der Waals surface area contributed by atoms with Crippen molar-refractivity contribution in [3.63, 3.8) is 0 Å². The Hall–Kier alpha value is -2.86. The number of aliphatic carboxylic acids is 1. The van der Waals surface area contributed by atoms with Crippen LogP contribution in [-0.4, -0.2) is 40.5 Å². The topological polar surface area (TPSA) is 95.9 Å². The third-order valence-electron chi connectivity index (χ3n) is 5.63. The molecule has 2 aliphatic rings. The average molecular weight is 367 g/mol. The number of carbonyl (C=O) groups is 2. The summed E-state index contributed by atoms with van der Waals surface area (Å²) in [6.07, 6.45) is 0.365. The molecule has 0 heterocycles. The maximum atomic E-state index is 12.3. The van der Waals surface area contributed by atoms with Gasteiger partial charge in [-0.25, -0.2) is 9.59 Å². The van der Waals surface area contributed by atoms with Crippen LogP contribution in [0.1, 0.15) is 36.3 Å². The SMILES string of the molecule is O=C(N[C@@H]1CCC[C@]1(O)C(=O)O)OCC1c2ccccc2-c2ccccc21. The number of carboxylic acids is 1. The van der Waals surface area contributed by atoms with E-state index in [-0.39, 0.29) is 18.9 Å². The number of hydrogen-bond acceptors (Lipinski definition) is 4. The molecule has 2 aromatic carbocycles. The van der Waals surface area contributed by atoms with Gasteiger partial charge in [-0.1, -0.05) is 48.5 Å². The zero-order valence-electron chi connectivity index (χ0n) is 14.7. The van der Waals surface area contributed by atoms with Gasteiger partial charge < -0.3 is 20.3 Å². The van der Waals surface area contributed by atoms with Crippen molar-refractivity contribution in [3.05, 3.63) is 59.7 Å². The van der Waals surface area contributed by atoms with Crippen molar-refractivity contribution in [2.75, 3.05) is 6.61 Å². The summed E-state index contributed by atoms with van der Waals surface area (Å²) in [5.41, 5.74) is 2.56. The average Bonchev–Trinajstić information content (AvgIpc) is 3.19. The van der Waals surface area contributed by atoms with E-state index < -0.39 is 23.7 Å². The van der Waals surface area contributed by atoms with Gasteiger partial charge >= 0.3 is 12.1 Å². The zero-order valence-corrected chi connectivity index (χ0v) is 14.7. The quantitative estimate of drug-likeness (QED) is 0.772. The van der Waals surface area contributed by atoms with E-state index in [1.165, 1.54) is 0 Å². The number of alkyl carbamates (subject to hydrolysis) is 1. The van der Waals surface area contributed by atoms with Gasteiger partial charge in [0, 0.05) is 5.92 Å². The van der Waals surface area contributed by atoms with E-state index in [0.29, 0.717) is 12.8 Å². The van der Waals surface area contributed by atoms with Crippen molar-refractivity contribution in [3.8, 4) is 11.1 Å². The molecule has 0 spiro atoms.